The van der Waals surface area contributed by atoms with Crippen LogP contribution in [0, 0.1) is 0 Å². The Morgan fingerprint density at radius 3 is 2.62 bits per heavy atom. The summed E-state index contributed by atoms with van der Waals surface area (Å²) in [5.74, 6) is 0. The largest absolute Gasteiger partial charge is 0.375 e. The molecule has 0 fully saturated rings. The van der Waals surface area contributed by atoms with Crippen molar-refractivity contribution in [3.63, 3.8) is 0 Å². The molecule has 3 nitrogen and oxygen atoms in total. The average Bonchev–Trinajstić information content (AvgIpc) is 3.05. The molecule has 2 aromatic carbocycles. The Kier molecular flexibility index (Phi) is 4.02. The monoisotopic (exact) mass is 280 g/mol. The minimum Gasteiger partial charge on any atom is -0.375 e. The van der Waals surface area contributed by atoms with Crippen molar-refractivity contribution >= 4 is 10.8 Å². The van der Waals surface area contributed by atoms with Gasteiger partial charge in [-0.05, 0) is 28.3 Å². The van der Waals surface area contributed by atoms with Gasteiger partial charge in [-0.15, -0.1) is 0 Å². The number of imidazole rings is 1. The Balaban J connectivity index is 2.06. The molecule has 108 valence electrons. The highest BCUT2D eigenvalue weighted by atomic mass is 16.5. The molecular formula is C18H20N2O. The fourth-order valence-electron chi connectivity index (χ4n) is 2.86. The van der Waals surface area contributed by atoms with Crippen molar-refractivity contribution in [3.8, 4) is 0 Å². The molecule has 0 N–H and O–H groups in total. The quantitative estimate of drug-likeness (QED) is 0.706. The zero-order chi connectivity index (χ0) is 14.7. The number of ether oxygens (including phenoxy) is 1. The number of rotatable bonds is 5. The molecule has 0 spiro atoms. The Bertz CT molecular complexity index is 719. The number of aromatic nitrogens is 2. The number of hydrogen-bond acceptors (Lipinski definition) is 2. The van der Waals surface area contributed by atoms with Crippen molar-refractivity contribution in [1.29, 1.82) is 0 Å². The van der Waals surface area contributed by atoms with E-state index in [1.807, 2.05) is 12.5 Å². The number of methoxy groups -OCH3 is 1. The first kappa shape index (κ1) is 13.8. The lowest BCUT2D eigenvalue weighted by molar-refractivity contribution is 0.0890. The van der Waals surface area contributed by atoms with E-state index in [9.17, 15) is 0 Å². The van der Waals surface area contributed by atoms with E-state index in [2.05, 4.69) is 52.9 Å². The maximum atomic E-state index is 5.74. The Labute approximate surface area is 125 Å². The highest BCUT2D eigenvalue weighted by Crippen LogP contribution is 2.30. The fraction of sp³-hybridized carbons (Fsp3) is 0.278. The molecule has 3 heteroatoms. The minimum atomic E-state index is 0.0232. The van der Waals surface area contributed by atoms with Gasteiger partial charge in [-0.2, -0.15) is 0 Å². The Hall–Kier alpha value is -2.13. The molecule has 0 amide bonds. The van der Waals surface area contributed by atoms with E-state index in [1.54, 1.807) is 13.3 Å². The molecule has 0 aliphatic heterocycles. The van der Waals surface area contributed by atoms with Gasteiger partial charge in [0.25, 0.3) is 0 Å². The standard InChI is InChI=1S/C18H20N2O/c1-3-14-8-9-17(16-7-5-4-6-15(14)16)18(21-2)12-20-11-10-19-13-20/h4-11,13,18H,3,12H2,1-2H3. The first-order valence-electron chi connectivity index (χ1n) is 7.32. The zero-order valence-corrected chi connectivity index (χ0v) is 12.5. The second-order valence-electron chi connectivity index (χ2n) is 5.20. The molecule has 0 saturated carbocycles. The van der Waals surface area contributed by atoms with Crippen LogP contribution in [-0.4, -0.2) is 16.7 Å². The SMILES string of the molecule is CCc1ccc(C(Cn2ccnc2)OC)c2ccccc12. The van der Waals surface area contributed by atoms with Crippen LogP contribution in [0.25, 0.3) is 10.8 Å². The van der Waals surface area contributed by atoms with Gasteiger partial charge in [0, 0.05) is 19.5 Å². The van der Waals surface area contributed by atoms with Gasteiger partial charge in [-0.25, -0.2) is 4.98 Å². The molecule has 0 radical (unpaired) electrons. The van der Waals surface area contributed by atoms with E-state index >= 15 is 0 Å². The van der Waals surface area contributed by atoms with E-state index < -0.39 is 0 Å². The second kappa shape index (κ2) is 6.10. The normalized spacial score (nSPS) is 12.7. The van der Waals surface area contributed by atoms with Gasteiger partial charge in [-0.3, -0.25) is 0 Å². The number of fused-ring (bicyclic) bond motifs is 1. The Morgan fingerprint density at radius 1 is 1.14 bits per heavy atom. The first-order chi connectivity index (χ1) is 10.3. The van der Waals surface area contributed by atoms with E-state index in [-0.39, 0.29) is 6.10 Å². The maximum Gasteiger partial charge on any atom is 0.101 e. The third-order valence-electron chi connectivity index (χ3n) is 4.00. The molecule has 1 aromatic heterocycles. The summed E-state index contributed by atoms with van der Waals surface area (Å²) < 4.78 is 7.79. The smallest absolute Gasteiger partial charge is 0.101 e. The van der Waals surface area contributed by atoms with Crippen molar-refractivity contribution in [2.45, 2.75) is 26.0 Å². The van der Waals surface area contributed by atoms with E-state index in [0.717, 1.165) is 13.0 Å². The summed E-state index contributed by atoms with van der Waals surface area (Å²) in [7, 11) is 1.77. The van der Waals surface area contributed by atoms with Crippen LogP contribution in [0.1, 0.15) is 24.2 Å². The van der Waals surface area contributed by atoms with Crippen LogP contribution in [0.5, 0.6) is 0 Å². The lowest BCUT2D eigenvalue weighted by Gasteiger charge is -2.19. The third kappa shape index (κ3) is 2.69. The third-order valence-corrected chi connectivity index (χ3v) is 4.00. The van der Waals surface area contributed by atoms with Crippen LogP contribution in [0.2, 0.25) is 0 Å². The molecule has 1 atom stereocenters. The van der Waals surface area contributed by atoms with Gasteiger partial charge in [-0.1, -0.05) is 43.3 Å². The van der Waals surface area contributed by atoms with Gasteiger partial charge in [0.1, 0.15) is 6.10 Å². The molecule has 1 heterocycles. The first-order valence-corrected chi connectivity index (χ1v) is 7.32. The van der Waals surface area contributed by atoms with Crippen LogP contribution >= 0.6 is 0 Å². The van der Waals surface area contributed by atoms with Crippen molar-refractivity contribution in [2.75, 3.05) is 7.11 Å². The van der Waals surface area contributed by atoms with Gasteiger partial charge < -0.3 is 9.30 Å². The molecule has 3 aromatic rings. The molecule has 3 rings (SSSR count). The van der Waals surface area contributed by atoms with Gasteiger partial charge in [0.05, 0.1) is 12.9 Å². The van der Waals surface area contributed by atoms with Crippen molar-refractivity contribution in [3.05, 3.63) is 66.2 Å². The van der Waals surface area contributed by atoms with E-state index in [0.29, 0.717) is 0 Å². The van der Waals surface area contributed by atoms with Crippen LogP contribution < -0.4 is 0 Å². The van der Waals surface area contributed by atoms with Gasteiger partial charge >= 0.3 is 0 Å². The maximum absolute atomic E-state index is 5.74. The summed E-state index contributed by atoms with van der Waals surface area (Å²) in [6.45, 7) is 2.96. The molecule has 1 unspecified atom stereocenters. The topological polar surface area (TPSA) is 27.1 Å². The second-order valence-corrected chi connectivity index (χ2v) is 5.20. The highest BCUT2D eigenvalue weighted by molar-refractivity contribution is 5.89. The Morgan fingerprint density at radius 2 is 1.95 bits per heavy atom. The highest BCUT2D eigenvalue weighted by Gasteiger charge is 2.15. The lowest BCUT2D eigenvalue weighted by atomic mass is 9.95. The van der Waals surface area contributed by atoms with Crippen molar-refractivity contribution < 1.29 is 4.74 Å². The minimum absolute atomic E-state index is 0.0232. The van der Waals surface area contributed by atoms with Crippen LogP contribution in [-0.2, 0) is 17.7 Å². The number of benzene rings is 2. The predicted octanol–water partition coefficient (Wildman–Crippen LogP) is 3.99. The van der Waals surface area contributed by atoms with Crippen molar-refractivity contribution in [1.82, 2.24) is 9.55 Å². The van der Waals surface area contributed by atoms with Crippen LogP contribution in [0.4, 0.5) is 0 Å². The summed E-state index contributed by atoms with van der Waals surface area (Å²) in [6, 6.07) is 13.0. The summed E-state index contributed by atoms with van der Waals surface area (Å²) >= 11 is 0. The molecule has 0 bridgehead atoms. The summed E-state index contributed by atoms with van der Waals surface area (Å²) in [4.78, 5) is 4.10. The zero-order valence-electron chi connectivity index (χ0n) is 12.5. The fourth-order valence-corrected chi connectivity index (χ4v) is 2.86. The van der Waals surface area contributed by atoms with Crippen LogP contribution in [0.3, 0.4) is 0 Å². The van der Waals surface area contributed by atoms with E-state index in [4.69, 9.17) is 4.74 Å². The molecule has 0 aliphatic carbocycles. The summed E-state index contributed by atoms with van der Waals surface area (Å²) in [5.41, 5.74) is 2.62. The van der Waals surface area contributed by atoms with Gasteiger partial charge in [0.2, 0.25) is 0 Å². The van der Waals surface area contributed by atoms with Crippen LogP contribution in [0.15, 0.2) is 55.1 Å². The van der Waals surface area contributed by atoms with E-state index in [1.165, 1.54) is 21.9 Å². The number of aryl methyl sites for hydroxylation is 1. The summed E-state index contributed by atoms with van der Waals surface area (Å²) in [6.07, 6.45) is 6.66. The summed E-state index contributed by atoms with van der Waals surface area (Å²) in [5, 5.41) is 2.61. The average molecular weight is 280 g/mol. The number of hydrogen-bond donors (Lipinski definition) is 0. The molecular weight excluding hydrogens is 260 g/mol. The van der Waals surface area contributed by atoms with Crippen molar-refractivity contribution in [2.24, 2.45) is 0 Å². The molecule has 0 saturated heterocycles. The molecule has 0 aliphatic rings. The predicted molar refractivity (Wildman–Crippen MR) is 85.3 cm³/mol. The molecule has 21 heavy (non-hydrogen) atoms. The number of nitrogens with zero attached hydrogens (tertiary/aromatic N) is 2. The lowest BCUT2D eigenvalue weighted by Crippen LogP contribution is -2.10. The van der Waals surface area contributed by atoms with Gasteiger partial charge in [0.15, 0.2) is 0 Å².